The van der Waals surface area contributed by atoms with Gasteiger partial charge in [-0.2, -0.15) is 26.3 Å². The normalized spacial score (nSPS) is 16.3. The number of halogens is 7. The number of benzene rings is 1. The van der Waals surface area contributed by atoms with Crippen LogP contribution in [0.5, 0.6) is 0 Å². The molecule has 0 radical (unpaired) electrons. The van der Waals surface area contributed by atoms with E-state index in [1.54, 1.807) is 11.3 Å². The molecule has 0 atom stereocenters. The average Bonchev–Trinajstić information content (AvgIpc) is 3.72. The predicted octanol–water partition coefficient (Wildman–Crippen LogP) is 6.41. The molecular weight excluding hydrogens is 706 g/mol. The number of thiophene rings is 1. The van der Waals surface area contributed by atoms with E-state index in [-0.39, 0.29) is 5.91 Å². The molecule has 1 amide bonds. The fourth-order valence-electron chi connectivity index (χ4n) is 5.03. The molecule has 2 aliphatic rings. The van der Waals surface area contributed by atoms with Crippen LogP contribution >= 0.6 is 22.9 Å². The second-order valence-electron chi connectivity index (χ2n) is 11.3. The van der Waals surface area contributed by atoms with E-state index in [2.05, 4.69) is 16.8 Å². The van der Waals surface area contributed by atoms with Crippen molar-refractivity contribution in [2.45, 2.75) is 38.0 Å². The van der Waals surface area contributed by atoms with Gasteiger partial charge in [0.15, 0.2) is 0 Å². The van der Waals surface area contributed by atoms with Gasteiger partial charge in [-0.3, -0.25) is 9.69 Å². The predicted molar refractivity (Wildman–Crippen MR) is 169 cm³/mol. The summed E-state index contributed by atoms with van der Waals surface area (Å²) in [5.74, 6) is -3.16. The van der Waals surface area contributed by atoms with E-state index in [0.29, 0.717) is 23.8 Å². The first kappa shape index (κ1) is 39.8. The van der Waals surface area contributed by atoms with Crippen molar-refractivity contribution >= 4 is 40.8 Å². The summed E-state index contributed by atoms with van der Waals surface area (Å²) in [4.78, 5) is 43.6. The van der Waals surface area contributed by atoms with Crippen LogP contribution in [0.4, 0.5) is 26.3 Å². The summed E-state index contributed by atoms with van der Waals surface area (Å²) in [6.07, 6.45) is -6.63. The van der Waals surface area contributed by atoms with Gasteiger partial charge >= 0.3 is 24.3 Å². The minimum absolute atomic E-state index is 0.195. The van der Waals surface area contributed by atoms with Crippen LogP contribution in [0, 0.1) is 5.92 Å². The Morgan fingerprint density at radius 3 is 1.96 bits per heavy atom. The summed E-state index contributed by atoms with van der Waals surface area (Å²) >= 11 is 7.68. The molecule has 0 saturated carbocycles. The van der Waals surface area contributed by atoms with E-state index in [1.165, 1.54) is 32.5 Å². The lowest BCUT2D eigenvalue weighted by Gasteiger charge is -2.38. The number of hydrogen-bond acceptors (Lipinski definition) is 8. The van der Waals surface area contributed by atoms with Crippen LogP contribution in [0.1, 0.15) is 25.0 Å². The third kappa shape index (κ3) is 12.9. The Labute approximate surface area is 286 Å². The van der Waals surface area contributed by atoms with E-state index in [4.69, 9.17) is 40.8 Å². The average molecular weight is 741 g/mol. The van der Waals surface area contributed by atoms with Crippen molar-refractivity contribution < 1.29 is 55.4 Å². The number of piperazine rings is 1. The summed E-state index contributed by atoms with van der Waals surface area (Å²) in [6, 6.07) is 11.6. The van der Waals surface area contributed by atoms with Crippen LogP contribution in [0.2, 0.25) is 5.02 Å². The smallest absolute Gasteiger partial charge is 0.475 e. The quantitative estimate of drug-likeness (QED) is 0.264. The molecule has 0 bridgehead atoms. The SMILES string of the molecule is CN1CCC(CN2CCN(C(=O)CCc3oc(-c4cccs4)nc3-c3ccc(Cl)cc3)CC2)CC1.O=C(O)C(F)(F)F.O=C(O)C(F)(F)F. The number of aliphatic carboxylic acids is 2. The number of rotatable bonds is 7. The number of likely N-dealkylation sites (tertiary alicyclic amines) is 1. The maximum absolute atomic E-state index is 13.1. The van der Waals surface area contributed by atoms with Crippen molar-refractivity contribution in [2.24, 2.45) is 5.92 Å². The summed E-state index contributed by atoms with van der Waals surface area (Å²) in [6.45, 7) is 7.15. The minimum atomic E-state index is -5.08. The number of carboxylic acids is 2. The molecule has 18 heteroatoms. The molecule has 270 valence electrons. The Morgan fingerprint density at radius 1 is 0.918 bits per heavy atom. The molecule has 3 aromatic rings. The number of oxazole rings is 1. The number of carbonyl (C=O) groups excluding carboxylic acids is 1. The van der Waals surface area contributed by atoms with Crippen LogP contribution in [-0.4, -0.2) is 113 Å². The van der Waals surface area contributed by atoms with Gasteiger partial charge in [0.2, 0.25) is 11.8 Å². The van der Waals surface area contributed by atoms with Crippen LogP contribution in [0.15, 0.2) is 46.2 Å². The molecule has 0 aliphatic carbocycles. The lowest BCUT2D eigenvalue weighted by molar-refractivity contribution is -0.193. The number of carbonyl (C=O) groups is 3. The number of alkyl halides is 6. The van der Waals surface area contributed by atoms with Crippen LogP contribution in [0.3, 0.4) is 0 Å². The first-order valence-corrected chi connectivity index (χ1v) is 16.3. The zero-order chi connectivity index (χ0) is 36.4. The molecule has 0 unspecified atom stereocenters. The highest BCUT2D eigenvalue weighted by Crippen LogP contribution is 2.32. The number of piperidine rings is 1. The molecule has 2 fully saturated rings. The number of amides is 1. The second-order valence-corrected chi connectivity index (χ2v) is 12.7. The Balaban J connectivity index is 0.000000392. The molecule has 2 aliphatic heterocycles. The van der Waals surface area contributed by atoms with Crippen molar-refractivity contribution in [3.8, 4) is 22.0 Å². The third-order valence-corrected chi connectivity index (χ3v) is 8.79. The lowest BCUT2D eigenvalue weighted by atomic mass is 9.96. The highest BCUT2D eigenvalue weighted by atomic mass is 35.5. The van der Waals surface area contributed by atoms with Gasteiger partial charge in [0.05, 0.1) is 4.88 Å². The molecular formula is C31H35ClF6N4O6S. The summed E-state index contributed by atoms with van der Waals surface area (Å²) in [7, 11) is 2.21. The number of nitrogens with zero attached hydrogens (tertiary/aromatic N) is 4. The zero-order valence-electron chi connectivity index (χ0n) is 26.3. The standard InChI is InChI=1S/C27H33ClN4O2S.2C2HF3O2/c1-30-12-10-20(11-13-30)19-31-14-16-32(17-15-31)25(33)9-8-23-26(21-4-6-22(28)7-5-21)29-27(34-23)24-3-2-18-35-24;2*3-2(4,5)1(6)7/h2-7,18,20H,8-17,19H2,1H3;2*(H,6,7). The maximum Gasteiger partial charge on any atom is 0.490 e. The van der Waals surface area contributed by atoms with E-state index in [1.807, 2.05) is 46.7 Å². The van der Waals surface area contributed by atoms with E-state index in [9.17, 15) is 31.1 Å². The molecule has 4 heterocycles. The second kappa shape index (κ2) is 17.8. The summed E-state index contributed by atoms with van der Waals surface area (Å²) in [5.41, 5.74) is 1.74. The number of hydrogen-bond donors (Lipinski definition) is 2. The number of aromatic nitrogens is 1. The van der Waals surface area contributed by atoms with E-state index >= 15 is 0 Å². The first-order chi connectivity index (χ1) is 22.9. The largest absolute Gasteiger partial charge is 0.490 e. The Kier molecular flexibility index (Phi) is 14.5. The van der Waals surface area contributed by atoms with Crippen molar-refractivity contribution in [1.82, 2.24) is 19.7 Å². The van der Waals surface area contributed by atoms with Gasteiger partial charge in [-0.25, -0.2) is 14.6 Å². The van der Waals surface area contributed by atoms with Crippen LogP contribution in [-0.2, 0) is 20.8 Å². The van der Waals surface area contributed by atoms with Crippen LogP contribution < -0.4 is 0 Å². The van der Waals surface area contributed by atoms with Crippen LogP contribution in [0.25, 0.3) is 22.0 Å². The lowest BCUT2D eigenvalue weighted by Crippen LogP contribution is -2.50. The van der Waals surface area contributed by atoms with Gasteiger partial charge in [0.25, 0.3) is 0 Å². The summed E-state index contributed by atoms with van der Waals surface area (Å²) < 4.78 is 69.6. The molecule has 2 saturated heterocycles. The Hall–Kier alpha value is -3.67. The van der Waals surface area contributed by atoms with Gasteiger partial charge < -0.3 is 24.4 Å². The molecule has 2 N–H and O–H groups in total. The van der Waals surface area contributed by atoms with Gasteiger partial charge in [0.1, 0.15) is 11.5 Å². The van der Waals surface area contributed by atoms with Crippen molar-refractivity contribution in [2.75, 3.05) is 52.9 Å². The van der Waals surface area contributed by atoms with Crippen molar-refractivity contribution in [1.29, 1.82) is 0 Å². The topological polar surface area (TPSA) is 127 Å². The highest BCUT2D eigenvalue weighted by Gasteiger charge is 2.39. The monoisotopic (exact) mass is 740 g/mol. The zero-order valence-corrected chi connectivity index (χ0v) is 27.8. The van der Waals surface area contributed by atoms with Crippen molar-refractivity contribution in [3.05, 3.63) is 52.6 Å². The molecule has 10 nitrogen and oxygen atoms in total. The third-order valence-electron chi connectivity index (χ3n) is 7.68. The fourth-order valence-corrected chi connectivity index (χ4v) is 5.80. The van der Waals surface area contributed by atoms with Gasteiger partial charge in [-0.05, 0) is 62.5 Å². The van der Waals surface area contributed by atoms with E-state index < -0.39 is 24.3 Å². The van der Waals surface area contributed by atoms with Crippen molar-refractivity contribution in [3.63, 3.8) is 0 Å². The molecule has 1 aromatic carbocycles. The fraction of sp³-hybridized carbons (Fsp3) is 0.484. The first-order valence-electron chi connectivity index (χ1n) is 15.0. The van der Waals surface area contributed by atoms with E-state index in [0.717, 1.165) is 54.0 Å². The summed E-state index contributed by atoms with van der Waals surface area (Å²) in [5, 5.41) is 16.9. The highest BCUT2D eigenvalue weighted by molar-refractivity contribution is 7.13. The molecule has 2 aromatic heterocycles. The number of aryl methyl sites for hydroxylation is 1. The Morgan fingerprint density at radius 2 is 1.47 bits per heavy atom. The Bertz CT molecular complexity index is 1480. The van der Waals surface area contributed by atoms with Gasteiger partial charge in [-0.15, -0.1) is 11.3 Å². The minimum Gasteiger partial charge on any atom is -0.475 e. The van der Waals surface area contributed by atoms with Gasteiger partial charge in [-0.1, -0.05) is 29.8 Å². The molecule has 49 heavy (non-hydrogen) atoms. The molecule has 0 spiro atoms. The molecule has 5 rings (SSSR count). The number of carboxylic acid groups (broad SMARTS) is 2. The van der Waals surface area contributed by atoms with Gasteiger partial charge in [0, 0.05) is 56.2 Å². The maximum atomic E-state index is 13.1.